The van der Waals surface area contributed by atoms with Gasteiger partial charge in [0.1, 0.15) is 5.60 Å². The highest BCUT2D eigenvalue weighted by Crippen LogP contribution is 2.25. The average Bonchev–Trinajstić information content (AvgIpc) is 2.95. The van der Waals surface area contributed by atoms with Crippen LogP contribution in [-0.2, 0) is 9.53 Å². The molecule has 0 spiro atoms. The molecule has 6 heteroatoms. The van der Waals surface area contributed by atoms with Gasteiger partial charge >= 0.3 is 6.09 Å². The SMILES string of the molecule is CC(C)(C)OC(=O)N1CCC[C@@H]1CN1CC(CCl)CC1=O. The number of halogens is 1. The van der Waals surface area contributed by atoms with Crippen LogP contribution in [0.2, 0.25) is 0 Å². The molecule has 1 unspecified atom stereocenters. The molecule has 2 rings (SSSR count). The molecule has 2 aliphatic heterocycles. The van der Waals surface area contributed by atoms with Crippen molar-refractivity contribution in [2.24, 2.45) is 5.92 Å². The summed E-state index contributed by atoms with van der Waals surface area (Å²) in [4.78, 5) is 27.8. The Morgan fingerprint density at radius 1 is 1.43 bits per heavy atom. The van der Waals surface area contributed by atoms with Gasteiger partial charge in [0, 0.05) is 31.9 Å². The predicted octanol–water partition coefficient (Wildman–Crippen LogP) is 2.47. The van der Waals surface area contributed by atoms with Crippen LogP contribution in [-0.4, -0.2) is 59.0 Å². The molecule has 2 atom stereocenters. The lowest BCUT2D eigenvalue weighted by atomic mass is 10.1. The molecule has 5 nitrogen and oxygen atoms in total. The van der Waals surface area contributed by atoms with E-state index in [9.17, 15) is 9.59 Å². The number of hydrogen-bond donors (Lipinski definition) is 0. The number of hydrogen-bond acceptors (Lipinski definition) is 3. The van der Waals surface area contributed by atoms with Gasteiger partial charge in [0.15, 0.2) is 0 Å². The topological polar surface area (TPSA) is 49.9 Å². The summed E-state index contributed by atoms with van der Waals surface area (Å²) in [5, 5.41) is 0. The average molecular weight is 317 g/mol. The number of ether oxygens (including phenoxy) is 1. The summed E-state index contributed by atoms with van der Waals surface area (Å²) in [5.41, 5.74) is -0.489. The molecular formula is C15H25ClN2O3. The summed E-state index contributed by atoms with van der Waals surface area (Å²) in [5.74, 6) is 0.912. The third-order valence-corrected chi connectivity index (χ3v) is 4.39. The third-order valence-electron chi connectivity index (χ3n) is 3.95. The highest BCUT2D eigenvalue weighted by Gasteiger charge is 2.36. The van der Waals surface area contributed by atoms with Gasteiger partial charge in [-0.3, -0.25) is 4.79 Å². The van der Waals surface area contributed by atoms with Crippen molar-refractivity contribution in [3.8, 4) is 0 Å². The van der Waals surface area contributed by atoms with Gasteiger partial charge in [0.2, 0.25) is 5.91 Å². The molecule has 2 heterocycles. The van der Waals surface area contributed by atoms with E-state index in [-0.39, 0.29) is 24.0 Å². The van der Waals surface area contributed by atoms with Crippen LogP contribution >= 0.6 is 11.6 Å². The van der Waals surface area contributed by atoms with Gasteiger partial charge in [-0.1, -0.05) is 0 Å². The Kier molecular flexibility index (Phi) is 5.02. The zero-order chi connectivity index (χ0) is 15.6. The van der Waals surface area contributed by atoms with E-state index in [0.717, 1.165) is 12.8 Å². The maximum absolute atomic E-state index is 12.2. The molecule has 2 amide bonds. The Morgan fingerprint density at radius 3 is 2.71 bits per heavy atom. The second kappa shape index (κ2) is 6.42. The van der Waals surface area contributed by atoms with Gasteiger partial charge in [-0.25, -0.2) is 4.79 Å². The molecule has 0 N–H and O–H groups in total. The summed E-state index contributed by atoms with van der Waals surface area (Å²) in [6, 6.07) is 0.0675. The van der Waals surface area contributed by atoms with Crippen molar-refractivity contribution in [2.45, 2.75) is 51.7 Å². The Bertz CT molecular complexity index is 408. The first-order chi connectivity index (χ1) is 9.80. The van der Waals surface area contributed by atoms with E-state index in [2.05, 4.69) is 0 Å². The van der Waals surface area contributed by atoms with Crippen LogP contribution in [0.15, 0.2) is 0 Å². The molecule has 0 aromatic carbocycles. The maximum Gasteiger partial charge on any atom is 0.410 e. The fourth-order valence-corrected chi connectivity index (χ4v) is 3.18. The lowest BCUT2D eigenvalue weighted by molar-refractivity contribution is -0.128. The van der Waals surface area contributed by atoms with Gasteiger partial charge in [-0.2, -0.15) is 0 Å². The number of carbonyl (C=O) groups is 2. The second-order valence-corrected chi connectivity index (χ2v) is 7.30. The first-order valence-electron chi connectivity index (χ1n) is 7.63. The molecule has 0 aromatic heterocycles. The summed E-state index contributed by atoms with van der Waals surface area (Å²) < 4.78 is 5.45. The number of alkyl halides is 1. The van der Waals surface area contributed by atoms with Crippen molar-refractivity contribution in [2.75, 3.05) is 25.5 Å². The molecule has 0 saturated carbocycles. The molecular weight excluding hydrogens is 292 g/mol. The fraction of sp³-hybridized carbons (Fsp3) is 0.867. The normalized spacial score (nSPS) is 26.6. The van der Waals surface area contributed by atoms with E-state index >= 15 is 0 Å². The highest BCUT2D eigenvalue weighted by molar-refractivity contribution is 6.18. The van der Waals surface area contributed by atoms with Crippen molar-refractivity contribution in [3.63, 3.8) is 0 Å². The van der Waals surface area contributed by atoms with E-state index in [1.165, 1.54) is 0 Å². The second-order valence-electron chi connectivity index (χ2n) is 6.99. The number of nitrogens with zero attached hydrogens (tertiary/aromatic N) is 2. The quantitative estimate of drug-likeness (QED) is 0.752. The van der Waals surface area contributed by atoms with Crippen molar-refractivity contribution < 1.29 is 14.3 Å². The van der Waals surface area contributed by atoms with Crippen LogP contribution in [0.5, 0.6) is 0 Å². The molecule has 0 bridgehead atoms. The molecule has 0 aliphatic carbocycles. The van der Waals surface area contributed by atoms with Crippen molar-refractivity contribution >= 4 is 23.6 Å². The summed E-state index contributed by atoms with van der Waals surface area (Å²) in [7, 11) is 0. The molecule has 2 saturated heterocycles. The molecule has 120 valence electrons. The fourth-order valence-electron chi connectivity index (χ4n) is 2.97. The van der Waals surface area contributed by atoms with Crippen molar-refractivity contribution in [1.82, 2.24) is 9.80 Å². The van der Waals surface area contributed by atoms with Crippen molar-refractivity contribution in [1.29, 1.82) is 0 Å². The first-order valence-corrected chi connectivity index (χ1v) is 8.17. The Hall–Kier alpha value is -0.970. The summed E-state index contributed by atoms with van der Waals surface area (Å²) in [6.45, 7) is 7.62. The van der Waals surface area contributed by atoms with Gasteiger partial charge in [-0.15, -0.1) is 11.6 Å². The monoisotopic (exact) mass is 316 g/mol. The Balaban J connectivity index is 1.93. The molecule has 2 fully saturated rings. The van der Waals surface area contributed by atoms with E-state index in [1.807, 2.05) is 25.7 Å². The van der Waals surface area contributed by atoms with Gasteiger partial charge in [0.25, 0.3) is 0 Å². The summed E-state index contributed by atoms with van der Waals surface area (Å²) in [6.07, 6.45) is 2.15. The smallest absolute Gasteiger partial charge is 0.410 e. The van der Waals surface area contributed by atoms with Gasteiger partial charge < -0.3 is 14.5 Å². The van der Waals surface area contributed by atoms with Gasteiger partial charge in [-0.05, 0) is 39.5 Å². The largest absolute Gasteiger partial charge is 0.444 e. The zero-order valence-corrected chi connectivity index (χ0v) is 13.9. The van der Waals surface area contributed by atoms with E-state index < -0.39 is 5.60 Å². The highest BCUT2D eigenvalue weighted by atomic mass is 35.5. The maximum atomic E-state index is 12.2. The number of amides is 2. The van der Waals surface area contributed by atoms with Crippen LogP contribution in [0.4, 0.5) is 4.79 Å². The third kappa shape index (κ3) is 4.25. The Labute approximate surface area is 131 Å². The molecule has 2 aliphatic rings. The van der Waals surface area contributed by atoms with Crippen LogP contribution in [0.1, 0.15) is 40.0 Å². The lowest BCUT2D eigenvalue weighted by Gasteiger charge is -2.31. The van der Waals surface area contributed by atoms with E-state index in [1.54, 1.807) is 4.90 Å². The van der Waals surface area contributed by atoms with Crippen LogP contribution in [0.3, 0.4) is 0 Å². The minimum absolute atomic E-state index is 0.0675. The van der Waals surface area contributed by atoms with Crippen LogP contribution in [0.25, 0.3) is 0 Å². The number of rotatable bonds is 3. The molecule has 0 radical (unpaired) electrons. The number of likely N-dealkylation sites (tertiary alicyclic amines) is 2. The molecule has 0 aromatic rings. The standard InChI is InChI=1S/C15H25ClN2O3/c1-15(2,3)21-14(20)18-6-4-5-12(18)10-17-9-11(8-16)7-13(17)19/h11-12H,4-10H2,1-3H3/t11?,12-/m1/s1. The minimum atomic E-state index is -0.489. The van der Waals surface area contributed by atoms with E-state index in [4.69, 9.17) is 16.3 Å². The summed E-state index contributed by atoms with van der Waals surface area (Å²) >= 11 is 5.84. The lowest BCUT2D eigenvalue weighted by Crippen LogP contribution is -2.45. The first kappa shape index (κ1) is 16.4. The van der Waals surface area contributed by atoms with Crippen LogP contribution in [0, 0.1) is 5.92 Å². The molecule has 21 heavy (non-hydrogen) atoms. The predicted molar refractivity (Wildman–Crippen MR) is 81.4 cm³/mol. The minimum Gasteiger partial charge on any atom is -0.444 e. The van der Waals surface area contributed by atoms with Gasteiger partial charge in [0.05, 0.1) is 6.04 Å². The zero-order valence-electron chi connectivity index (χ0n) is 13.1. The van der Waals surface area contributed by atoms with E-state index in [0.29, 0.717) is 31.9 Å². The van der Waals surface area contributed by atoms with Crippen LogP contribution < -0.4 is 0 Å². The number of carbonyl (C=O) groups excluding carboxylic acids is 2. The van der Waals surface area contributed by atoms with Crippen molar-refractivity contribution in [3.05, 3.63) is 0 Å². The Morgan fingerprint density at radius 2 is 2.14 bits per heavy atom.